The number of aromatic nitrogens is 3. The van der Waals surface area contributed by atoms with E-state index in [1.807, 2.05) is 24.3 Å². The quantitative estimate of drug-likeness (QED) is 0.172. The first kappa shape index (κ1) is 29.9. The first-order valence-electron chi connectivity index (χ1n) is 17.6. The van der Waals surface area contributed by atoms with E-state index in [9.17, 15) is 0 Å². The van der Waals surface area contributed by atoms with Crippen LogP contribution in [0.5, 0.6) is 0 Å². The summed E-state index contributed by atoms with van der Waals surface area (Å²) in [6.45, 7) is 0. The molecule has 0 atom stereocenters. The Hall–Kier alpha value is -6.97. The maximum Gasteiger partial charge on any atom is 0.164 e. The van der Waals surface area contributed by atoms with Crippen molar-refractivity contribution in [3.63, 3.8) is 0 Å². The molecule has 52 heavy (non-hydrogen) atoms. The van der Waals surface area contributed by atoms with Crippen molar-refractivity contribution in [2.45, 2.75) is 0 Å². The SMILES string of the molecule is c1ccc(-c2nc(-c3ccccc3-c3ccccc3)nc(-c3ccccc3-c3cc4c5ccccc5c5ccccc5c4c4ccccc34)n2)cc1. The standard InChI is InChI=1S/C49H31N3/c1-3-17-32(18-4-1)34-21-7-15-29-42(34)48-50-47(33-19-5-2-6-20-33)51-49(52-48)43-30-16-12-26-39(43)44-31-45-37-24-9-8-22-35(37)36-23-10-13-27-40(36)46(45)41-28-14-11-25-38(41)44/h1-31H. The van der Waals surface area contributed by atoms with Crippen molar-refractivity contribution < 1.29 is 0 Å². The third-order valence-electron chi connectivity index (χ3n) is 10.1. The van der Waals surface area contributed by atoms with Gasteiger partial charge in [-0.3, -0.25) is 0 Å². The molecule has 0 aliphatic carbocycles. The summed E-state index contributed by atoms with van der Waals surface area (Å²) in [6.07, 6.45) is 0. The molecule has 1 heterocycles. The molecule has 0 saturated carbocycles. The minimum absolute atomic E-state index is 0.634. The zero-order valence-corrected chi connectivity index (χ0v) is 28.2. The van der Waals surface area contributed by atoms with Gasteiger partial charge in [-0.15, -0.1) is 0 Å². The summed E-state index contributed by atoms with van der Waals surface area (Å²) in [6, 6.07) is 66.3. The van der Waals surface area contributed by atoms with Crippen molar-refractivity contribution in [3.05, 3.63) is 188 Å². The van der Waals surface area contributed by atoms with Crippen LogP contribution in [-0.2, 0) is 0 Å². The van der Waals surface area contributed by atoms with Gasteiger partial charge < -0.3 is 0 Å². The van der Waals surface area contributed by atoms with Crippen LogP contribution in [0.2, 0.25) is 0 Å². The molecule has 9 aromatic carbocycles. The van der Waals surface area contributed by atoms with E-state index in [2.05, 4.69) is 164 Å². The molecular formula is C49H31N3. The fraction of sp³-hybridized carbons (Fsp3) is 0. The molecule has 242 valence electrons. The second-order valence-corrected chi connectivity index (χ2v) is 13.1. The van der Waals surface area contributed by atoms with E-state index in [4.69, 9.17) is 15.0 Å². The van der Waals surface area contributed by atoms with Gasteiger partial charge in [0.1, 0.15) is 0 Å². The number of rotatable bonds is 5. The Kier molecular flexibility index (Phi) is 7.14. The lowest BCUT2D eigenvalue weighted by Crippen LogP contribution is -2.02. The van der Waals surface area contributed by atoms with E-state index in [1.165, 1.54) is 43.1 Å². The van der Waals surface area contributed by atoms with Crippen molar-refractivity contribution in [1.82, 2.24) is 15.0 Å². The highest BCUT2D eigenvalue weighted by molar-refractivity contribution is 6.33. The second kappa shape index (κ2) is 12.4. The zero-order chi connectivity index (χ0) is 34.4. The van der Waals surface area contributed by atoms with Crippen molar-refractivity contribution >= 4 is 43.1 Å². The van der Waals surface area contributed by atoms with Crippen LogP contribution in [0.1, 0.15) is 0 Å². The molecule has 1 aromatic heterocycles. The number of benzene rings is 9. The first-order chi connectivity index (χ1) is 25.8. The number of hydrogen-bond acceptors (Lipinski definition) is 3. The Morgan fingerprint density at radius 1 is 0.231 bits per heavy atom. The van der Waals surface area contributed by atoms with E-state index in [0.29, 0.717) is 17.5 Å². The molecule has 10 rings (SSSR count). The Bertz CT molecular complexity index is 2950. The van der Waals surface area contributed by atoms with Gasteiger partial charge in [-0.1, -0.05) is 182 Å². The van der Waals surface area contributed by atoms with Gasteiger partial charge in [0.25, 0.3) is 0 Å². The van der Waals surface area contributed by atoms with E-state index in [0.717, 1.165) is 38.9 Å². The highest BCUT2D eigenvalue weighted by Crippen LogP contribution is 2.44. The third kappa shape index (κ3) is 4.94. The lowest BCUT2D eigenvalue weighted by molar-refractivity contribution is 1.07. The summed E-state index contributed by atoms with van der Waals surface area (Å²) >= 11 is 0. The molecule has 3 nitrogen and oxygen atoms in total. The van der Waals surface area contributed by atoms with Crippen molar-refractivity contribution in [1.29, 1.82) is 0 Å². The smallest absolute Gasteiger partial charge is 0.164 e. The third-order valence-corrected chi connectivity index (χ3v) is 10.1. The Labute approximate surface area is 301 Å². The molecule has 0 fully saturated rings. The van der Waals surface area contributed by atoms with Crippen LogP contribution in [0.15, 0.2) is 188 Å². The maximum absolute atomic E-state index is 5.28. The van der Waals surface area contributed by atoms with E-state index < -0.39 is 0 Å². The summed E-state index contributed by atoms with van der Waals surface area (Å²) in [5.74, 6) is 1.91. The predicted octanol–water partition coefficient (Wildman–Crippen LogP) is 12.8. The summed E-state index contributed by atoms with van der Waals surface area (Å²) < 4.78 is 0. The number of nitrogens with zero attached hydrogens (tertiary/aromatic N) is 3. The summed E-state index contributed by atoms with van der Waals surface area (Å²) in [5, 5.41) is 9.96. The molecule has 3 heteroatoms. The average Bonchev–Trinajstić information content (AvgIpc) is 3.24. The van der Waals surface area contributed by atoms with Gasteiger partial charge in [0.2, 0.25) is 0 Å². The molecule has 0 unspecified atom stereocenters. The Balaban J connectivity index is 1.27. The molecule has 0 radical (unpaired) electrons. The lowest BCUT2D eigenvalue weighted by atomic mass is 9.86. The molecule has 0 spiro atoms. The molecule has 0 amide bonds. The Morgan fingerprint density at radius 3 is 1.23 bits per heavy atom. The highest BCUT2D eigenvalue weighted by atomic mass is 15.0. The zero-order valence-electron chi connectivity index (χ0n) is 28.2. The van der Waals surface area contributed by atoms with Gasteiger partial charge in [0, 0.05) is 16.7 Å². The number of fused-ring (bicyclic) bond motifs is 8. The average molecular weight is 662 g/mol. The van der Waals surface area contributed by atoms with Gasteiger partial charge in [-0.2, -0.15) is 0 Å². The van der Waals surface area contributed by atoms with Gasteiger partial charge in [0.15, 0.2) is 17.5 Å². The summed E-state index contributed by atoms with van der Waals surface area (Å²) in [5.41, 5.74) is 7.27. The predicted molar refractivity (Wildman–Crippen MR) is 217 cm³/mol. The van der Waals surface area contributed by atoms with Crippen LogP contribution in [0.3, 0.4) is 0 Å². The van der Waals surface area contributed by atoms with Crippen LogP contribution in [0, 0.1) is 0 Å². The summed E-state index contributed by atoms with van der Waals surface area (Å²) in [7, 11) is 0. The fourth-order valence-corrected chi connectivity index (χ4v) is 7.78. The van der Waals surface area contributed by atoms with E-state index in [1.54, 1.807) is 0 Å². The molecule has 0 saturated heterocycles. The van der Waals surface area contributed by atoms with Crippen LogP contribution < -0.4 is 0 Å². The van der Waals surface area contributed by atoms with Crippen LogP contribution >= 0.6 is 0 Å². The van der Waals surface area contributed by atoms with E-state index >= 15 is 0 Å². The van der Waals surface area contributed by atoms with Gasteiger partial charge >= 0.3 is 0 Å². The second-order valence-electron chi connectivity index (χ2n) is 13.1. The molecule has 0 bridgehead atoms. The number of hydrogen-bond donors (Lipinski definition) is 0. The topological polar surface area (TPSA) is 38.7 Å². The minimum atomic E-state index is 0.634. The van der Waals surface area contributed by atoms with Crippen molar-refractivity contribution in [3.8, 4) is 56.4 Å². The Morgan fingerprint density at radius 2 is 0.615 bits per heavy atom. The largest absolute Gasteiger partial charge is 0.208 e. The lowest BCUT2D eigenvalue weighted by Gasteiger charge is -2.18. The molecule has 0 N–H and O–H groups in total. The molecule has 0 aliphatic rings. The molecule has 0 aliphatic heterocycles. The van der Waals surface area contributed by atoms with Gasteiger partial charge in [-0.05, 0) is 71.4 Å². The van der Waals surface area contributed by atoms with Gasteiger partial charge in [-0.25, -0.2) is 15.0 Å². The molecule has 10 aromatic rings. The fourth-order valence-electron chi connectivity index (χ4n) is 7.78. The highest BCUT2D eigenvalue weighted by Gasteiger charge is 2.20. The van der Waals surface area contributed by atoms with Crippen molar-refractivity contribution in [2.24, 2.45) is 0 Å². The van der Waals surface area contributed by atoms with Gasteiger partial charge in [0.05, 0.1) is 0 Å². The monoisotopic (exact) mass is 661 g/mol. The maximum atomic E-state index is 5.28. The van der Waals surface area contributed by atoms with Crippen LogP contribution in [-0.4, -0.2) is 15.0 Å². The molecular weight excluding hydrogens is 631 g/mol. The summed E-state index contributed by atoms with van der Waals surface area (Å²) in [4.78, 5) is 15.6. The first-order valence-corrected chi connectivity index (χ1v) is 17.6. The van der Waals surface area contributed by atoms with E-state index in [-0.39, 0.29) is 0 Å². The minimum Gasteiger partial charge on any atom is -0.208 e. The van der Waals surface area contributed by atoms with Crippen molar-refractivity contribution in [2.75, 3.05) is 0 Å². The van der Waals surface area contributed by atoms with Crippen LogP contribution in [0.25, 0.3) is 99.5 Å². The van der Waals surface area contributed by atoms with Crippen LogP contribution in [0.4, 0.5) is 0 Å². The normalized spacial score (nSPS) is 11.5.